The van der Waals surface area contributed by atoms with Crippen LogP contribution in [0.2, 0.25) is 0 Å². The first-order chi connectivity index (χ1) is 4.38. The van der Waals surface area contributed by atoms with E-state index in [2.05, 4.69) is 39.1 Å². The average molecular weight is 234 g/mol. The number of hydrogen-bond acceptors (Lipinski definition) is 1. The smallest absolute Gasteiger partial charge is 0.0363 e. The van der Waals surface area contributed by atoms with E-state index in [0.29, 0.717) is 0 Å². The van der Waals surface area contributed by atoms with Gasteiger partial charge in [-0.25, -0.2) is 0 Å². The minimum absolute atomic E-state index is 1.01. The molecule has 48 valence electrons. The Balaban J connectivity index is 2.56. The lowest BCUT2D eigenvalue weighted by molar-refractivity contribution is 0.752. The van der Waals surface area contributed by atoms with Gasteiger partial charge in [-0.15, -0.1) is 0 Å². The molecular formula is C6H7IN2. The highest BCUT2D eigenvalue weighted by molar-refractivity contribution is 14.1. The van der Waals surface area contributed by atoms with Crippen molar-refractivity contribution in [3.63, 3.8) is 0 Å². The van der Waals surface area contributed by atoms with Crippen LogP contribution in [0.25, 0.3) is 0 Å². The molecule has 0 unspecified atom stereocenters. The molecule has 0 aliphatic carbocycles. The van der Waals surface area contributed by atoms with Crippen molar-refractivity contribution in [1.82, 2.24) is 10.3 Å². The fourth-order valence-electron chi connectivity index (χ4n) is 1.13. The summed E-state index contributed by atoms with van der Waals surface area (Å²) in [5.74, 6) is 0. The molecule has 0 radical (unpaired) electrons. The highest BCUT2D eigenvalue weighted by Crippen LogP contribution is 2.19. The molecule has 3 heteroatoms. The molecule has 1 aliphatic rings. The Kier molecular flexibility index (Phi) is 1.26. The maximum atomic E-state index is 3.27. The summed E-state index contributed by atoms with van der Waals surface area (Å²) in [7, 11) is 0. The fourth-order valence-corrected chi connectivity index (χ4v) is 1.80. The molecule has 0 saturated carbocycles. The van der Waals surface area contributed by atoms with Gasteiger partial charge in [-0.1, -0.05) is 0 Å². The number of nitrogens with one attached hydrogen (secondary N) is 2. The molecule has 2 heterocycles. The van der Waals surface area contributed by atoms with Crippen LogP contribution in [-0.2, 0) is 13.1 Å². The topological polar surface area (TPSA) is 27.8 Å². The lowest BCUT2D eigenvalue weighted by atomic mass is 10.3. The van der Waals surface area contributed by atoms with E-state index in [0.717, 1.165) is 13.1 Å². The SMILES string of the molecule is Ic1c[nH]c2c1CNC2. The van der Waals surface area contributed by atoms with Crippen molar-refractivity contribution in [3.8, 4) is 0 Å². The van der Waals surface area contributed by atoms with Gasteiger partial charge in [0.1, 0.15) is 0 Å². The predicted octanol–water partition coefficient (Wildman–Crippen LogP) is 1.22. The number of fused-ring (bicyclic) bond motifs is 1. The summed E-state index contributed by atoms with van der Waals surface area (Å²) in [6, 6.07) is 0. The molecule has 0 bridgehead atoms. The lowest BCUT2D eigenvalue weighted by Gasteiger charge is -1.86. The predicted molar refractivity (Wildman–Crippen MR) is 44.1 cm³/mol. The Bertz CT molecular complexity index is 229. The number of hydrogen-bond donors (Lipinski definition) is 2. The molecule has 9 heavy (non-hydrogen) atoms. The van der Waals surface area contributed by atoms with Crippen molar-refractivity contribution in [2.45, 2.75) is 13.1 Å². The molecule has 1 aromatic heterocycles. The van der Waals surface area contributed by atoms with Gasteiger partial charge < -0.3 is 10.3 Å². The molecule has 0 saturated heterocycles. The molecule has 0 fully saturated rings. The molecule has 0 amide bonds. The van der Waals surface area contributed by atoms with E-state index in [1.807, 2.05) is 0 Å². The maximum Gasteiger partial charge on any atom is 0.0363 e. The normalized spacial score (nSPS) is 16.1. The Morgan fingerprint density at radius 3 is 3.11 bits per heavy atom. The zero-order valence-corrected chi connectivity index (χ0v) is 7.03. The van der Waals surface area contributed by atoms with E-state index in [1.54, 1.807) is 0 Å². The second kappa shape index (κ2) is 1.98. The van der Waals surface area contributed by atoms with Gasteiger partial charge in [-0.3, -0.25) is 0 Å². The van der Waals surface area contributed by atoms with Gasteiger partial charge in [0, 0.05) is 34.1 Å². The molecule has 2 nitrogen and oxygen atoms in total. The minimum Gasteiger partial charge on any atom is -0.363 e. The van der Waals surface area contributed by atoms with Gasteiger partial charge in [0.25, 0.3) is 0 Å². The third-order valence-corrected chi connectivity index (χ3v) is 2.59. The van der Waals surface area contributed by atoms with Crippen LogP contribution in [0.5, 0.6) is 0 Å². The second-order valence-electron chi connectivity index (χ2n) is 2.20. The van der Waals surface area contributed by atoms with Crippen LogP contribution in [0.4, 0.5) is 0 Å². The highest BCUT2D eigenvalue weighted by Gasteiger charge is 2.13. The average Bonchev–Trinajstić information content (AvgIpc) is 2.35. The number of rotatable bonds is 0. The first kappa shape index (κ1) is 5.73. The Labute approximate surface area is 67.2 Å². The molecule has 0 spiro atoms. The first-order valence-corrected chi connectivity index (χ1v) is 4.01. The zero-order valence-electron chi connectivity index (χ0n) is 4.87. The van der Waals surface area contributed by atoms with Crippen molar-refractivity contribution in [1.29, 1.82) is 0 Å². The van der Waals surface area contributed by atoms with Crippen molar-refractivity contribution >= 4 is 22.6 Å². The molecule has 2 N–H and O–H groups in total. The molecule has 0 aromatic carbocycles. The van der Waals surface area contributed by atoms with E-state index >= 15 is 0 Å². The molecule has 1 aliphatic heterocycles. The summed E-state index contributed by atoms with van der Waals surface area (Å²) in [4.78, 5) is 3.22. The van der Waals surface area contributed by atoms with E-state index < -0.39 is 0 Å². The first-order valence-electron chi connectivity index (χ1n) is 2.93. The van der Waals surface area contributed by atoms with Crippen molar-refractivity contribution < 1.29 is 0 Å². The molecule has 1 aromatic rings. The summed E-state index contributed by atoms with van der Waals surface area (Å²) < 4.78 is 1.35. The Hall–Kier alpha value is -0.0300. The van der Waals surface area contributed by atoms with E-state index in [-0.39, 0.29) is 0 Å². The van der Waals surface area contributed by atoms with Gasteiger partial charge in [-0.05, 0) is 22.6 Å². The summed E-state index contributed by atoms with van der Waals surface area (Å²) in [5, 5.41) is 3.27. The quantitative estimate of drug-likeness (QED) is 0.649. The van der Waals surface area contributed by atoms with Crippen LogP contribution in [0.3, 0.4) is 0 Å². The highest BCUT2D eigenvalue weighted by atomic mass is 127. The maximum absolute atomic E-state index is 3.27. The summed E-state index contributed by atoms with van der Waals surface area (Å²) in [5.41, 5.74) is 2.81. The van der Waals surface area contributed by atoms with Gasteiger partial charge in [-0.2, -0.15) is 0 Å². The van der Waals surface area contributed by atoms with Crippen LogP contribution in [0, 0.1) is 3.57 Å². The zero-order chi connectivity index (χ0) is 6.27. The summed E-state index contributed by atoms with van der Waals surface area (Å²) in [6.07, 6.45) is 2.06. The second-order valence-corrected chi connectivity index (χ2v) is 3.36. The standard InChI is InChI=1S/C6H7IN2/c7-5-2-9-6-3-8-1-4(5)6/h2,8-9H,1,3H2. The number of H-pyrrole nitrogens is 1. The van der Waals surface area contributed by atoms with Crippen LogP contribution >= 0.6 is 22.6 Å². The van der Waals surface area contributed by atoms with Crippen molar-refractivity contribution in [2.24, 2.45) is 0 Å². The third-order valence-electron chi connectivity index (χ3n) is 1.63. The molecule has 2 rings (SSSR count). The van der Waals surface area contributed by atoms with Crippen LogP contribution < -0.4 is 5.32 Å². The molecular weight excluding hydrogens is 227 g/mol. The third kappa shape index (κ3) is 0.789. The van der Waals surface area contributed by atoms with Crippen molar-refractivity contribution in [2.75, 3.05) is 0 Å². The Morgan fingerprint density at radius 2 is 2.33 bits per heavy atom. The largest absolute Gasteiger partial charge is 0.363 e. The van der Waals surface area contributed by atoms with E-state index in [9.17, 15) is 0 Å². The summed E-state index contributed by atoms with van der Waals surface area (Å²) in [6.45, 7) is 2.05. The number of halogens is 1. The van der Waals surface area contributed by atoms with Crippen molar-refractivity contribution in [3.05, 3.63) is 21.0 Å². The Morgan fingerprint density at radius 1 is 1.44 bits per heavy atom. The molecule has 0 atom stereocenters. The number of aromatic amines is 1. The minimum atomic E-state index is 1.01. The summed E-state index contributed by atoms with van der Waals surface area (Å²) >= 11 is 2.35. The van der Waals surface area contributed by atoms with E-state index in [1.165, 1.54) is 14.8 Å². The van der Waals surface area contributed by atoms with Crippen LogP contribution in [-0.4, -0.2) is 4.98 Å². The van der Waals surface area contributed by atoms with Gasteiger partial charge in [0.15, 0.2) is 0 Å². The van der Waals surface area contributed by atoms with Gasteiger partial charge >= 0.3 is 0 Å². The number of aromatic nitrogens is 1. The monoisotopic (exact) mass is 234 g/mol. The fraction of sp³-hybridized carbons (Fsp3) is 0.333. The van der Waals surface area contributed by atoms with Gasteiger partial charge in [0.2, 0.25) is 0 Å². The van der Waals surface area contributed by atoms with Gasteiger partial charge in [0.05, 0.1) is 0 Å². The van der Waals surface area contributed by atoms with E-state index in [4.69, 9.17) is 0 Å². The van der Waals surface area contributed by atoms with Crippen LogP contribution in [0.1, 0.15) is 11.3 Å². The lowest BCUT2D eigenvalue weighted by Crippen LogP contribution is -2.01. The van der Waals surface area contributed by atoms with Crippen LogP contribution in [0.15, 0.2) is 6.20 Å².